The summed E-state index contributed by atoms with van der Waals surface area (Å²) < 4.78 is 27.5. The van der Waals surface area contributed by atoms with Crippen LogP contribution in [0.3, 0.4) is 0 Å². The number of benzene rings is 1. The minimum atomic E-state index is -3.41. The van der Waals surface area contributed by atoms with E-state index in [4.69, 9.17) is 0 Å². The molecule has 0 aliphatic carbocycles. The van der Waals surface area contributed by atoms with E-state index in [-0.39, 0.29) is 6.04 Å². The molecular formula is C14H23NO2S. The predicted octanol–water partition coefficient (Wildman–Crippen LogP) is 3.08. The van der Waals surface area contributed by atoms with E-state index in [1.165, 1.54) is 0 Å². The van der Waals surface area contributed by atoms with Crippen LogP contribution in [0, 0.1) is 20.8 Å². The molecule has 0 saturated carbocycles. The van der Waals surface area contributed by atoms with Crippen molar-refractivity contribution in [2.75, 3.05) is 0 Å². The van der Waals surface area contributed by atoms with Crippen molar-refractivity contribution in [2.24, 2.45) is 0 Å². The molecule has 1 aromatic rings. The molecule has 0 unspecified atom stereocenters. The molecule has 0 aliphatic rings. The lowest BCUT2D eigenvalue weighted by molar-refractivity contribution is 0.543. The Labute approximate surface area is 111 Å². The lowest BCUT2D eigenvalue weighted by Crippen LogP contribution is -2.33. The van der Waals surface area contributed by atoms with Crippen molar-refractivity contribution in [2.45, 2.75) is 58.4 Å². The number of aryl methyl sites for hydroxylation is 3. The Morgan fingerprint density at radius 2 is 1.67 bits per heavy atom. The van der Waals surface area contributed by atoms with E-state index in [1.807, 2.05) is 46.8 Å². The summed E-state index contributed by atoms with van der Waals surface area (Å²) in [6, 6.07) is 3.79. The summed E-state index contributed by atoms with van der Waals surface area (Å²) in [6.45, 7) is 9.62. The van der Waals surface area contributed by atoms with Crippen LogP contribution in [0.5, 0.6) is 0 Å². The highest BCUT2D eigenvalue weighted by atomic mass is 32.2. The van der Waals surface area contributed by atoms with Gasteiger partial charge in [-0.05, 0) is 45.2 Å². The summed E-state index contributed by atoms with van der Waals surface area (Å²) in [5.41, 5.74) is 2.71. The molecule has 0 amide bonds. The first kappa shape index (κ1) is 15.2. The van der Waals surface area contributed by atoms with Gasteiger partial charge in [-0.1, -0.05) is 31.0 Å². The third-order valence-electron chi connectivity index (χ3n) is 2.95. The van der Waals surface area contributed by atoms with Crippen LogP contribution in [-0.2, 0) is 10.0 Å². The highest BCUT2D eigenvalue weighted by Gasteiger charge is 2.21. The summed E-state index contributed by atoms with van der Waals surface area (Å²) in [6.07, 6.45) is 1.82. The zero-order valence-corrected chi connectivity index (χ0v) is 12.7. The average molecular weight is 269 g/mol. The number of hydrogen-bond donors (Lipinski definition) is 1. The molecule has 1 N–H and O–H groups in total. The molecule has 1 atom stereocenters. The molecule has 0 fully saturated rings. The second-order valence-corrected chi connectivity index (χ2v) is 6.69. The van der Waals surface area contributed by atoms with Gasteiger partial charge in [0.1, 0.15) is 0 Å². The molecule has 1 aromatic carbocycles. The molecule has 0 radical (unpaired) electrons. The Hall–Kier alpha value is -0.870. The molecule has 4 heteroatoms. The Morgan fingerprint density at radius 1 is 1.17 bits per heavy atom. The average Bonchev–Trinajstić information content (AvgIpc) is 2.13. The maximum atomic E-state index is 12.4. The Balaban J connectivity index is 3.13. The standard InChI is InChI=1S/C14H23NO2S/c1-6-7-13(5)15-18(16,17)14-11(3)8-10(2)9-12(14)4/h8-9,13,15H,6-7H2,1-5H3/t13-/m0/s1. The van der Waals surface area contributed by atoms with Gasteiger partial charge in [0.15, 0.2) is 0 Å². The van der Waals surface area contributed by atoms with E-state index in [0.717, 1.165) is 29.5 Å². The van der Waals surface area contributed by atoms with Gasteiger partial charge in [-0.25, -0.2) is 13.1 Å². The van der Waals surface area contributed by atoms with Crippen molar-refractivity contribution >= 4 is 10.0 Å². The molecule has 0 saturated heterocycles. The predicted molar refractivity (Wildman–Crippen MR) is 75.3 cm³/mol. The lowest BCUT2D eigenvalue weighted by atomic mass is 10.1. The molecule has 18 heavy (non-hydrogen) atoms. The Kier molecular flexibility index (Phi) is 4.93. The van der Waals surface area contributed by atoms with Crippen LogP contribution < -0.4 is 4.72 Å². The van der Waals surface area contributed by atoms with Crippen molar-refractivity contribution in [1.82, 2.24) is 4.72 Å². The molecule has 1 rings (SSSR count). The largest absolute Gasteiger partial charge is 0.241 e. The zero-order valence-electron chi connectivity index (χ0n) is 11.9. The summed E-state index contributed by atoms with van der Waals surface area (Å²) in [5.74, 6) is 0. The van der Waals surface area contributed by atoms with Crippen LogP contribution >= 0.6 is 0 Å². The van der Waals surface area contributed by atoms with Crippen LogP contribution in [0.2, 0.25) is 0 Å². The zero-order chi connectivity index (χ0) is 13.9. The van der Waals surface area contributed by atoms with Crippen molar-refractivity contribution in [3.8, 4) is 0 Å². The number of hydrogen-bond acceptors (Lipinski definition) is 2. The van der Waals surface area contributed by atoms with E-state index in [2.05, 4.69) is 4.72 Å². The first-order chi connectivity index (χ1) is 8.27. The first-order valence-electron chi connectivity index (χ1n) is 6.38. The van der Waals surface area contributed by atoms with Gasteiger partial charge in [-0.2, -0.15) is 0 Å². The summed E-state index contributed by atoms with van der Waals surface area (Å²) in [5, 5.41) is 0. The van der Waals surface area contributed by atoms with Crippen molar-refractivity contribution in [1.29, 1.82) is 0 Å². The fraction of sp³-hybridized carbons (Fsp3) is 0.571. The topological polar surface area (TPSA) is 46.2 Å². The van der Waals surface area contributed by atoms with Gasteiger partial charge in [0.05, 0.1) is 4.90 Å². The summed E-state index contributed by atoms with van der Waals surface area (Å²) in [4.78, 5) is 0.427. The van der Waals surface area contributed by atoms with Gasteiger partial charge in [0.2, 0.25) is 10.0 Å². The number of rotatable bonds is 5. The molecule has 3 nitrogen and oxygen atoms in total. The van der Waals surface area contributed by atoms with E-state index in [0.29, 0.717) is 4.90 Å². The molecule has 0 aromatic heterocycles. The summed E-state index contributed by atoms with van der Waals surface area (Å²) in [7, 11) is -3.41. The van der Waals surface area contributed by atoms with Gasteiger partial charge in [-0.15, -0.1) is 0 Å². The second kappa shape index (κ2) is 5.85. The lowest BCUT2D eigenvalue weighted by Gasteiger charge is -2.17. The van der Waals surface area contributed by atoms with Gasteiger partial charge >= 0.3 is 0 Å². The van der Waals surface area contributed by atoms with Crippen molar-refractivity contribution < 1.29 is 8.42 Å². The van der Waals surface area contributed by atoms with Gasteiger partial charge in [0.25, 0.3) is 0 Å². The van der Waals surface area contributed by atoms with Crippen LogP contribution in [-0.4, -0.2) is 14.5 Å². The number of nitrogens with one attached hydrogen (secondary N) is 1. The van der Waals surface area contributed by atoms with E-state index in [9.17, 15) is 8.42 Å². The maximum absolute atomic E-state index is 12.4. The van der Waals surface area contributed by atoms with E-state index in [1.54, 1.807) is 0 Å². The highest BCUT2D eigenvalue weighted by molar-refractivity contribution is 7.89. The monoisotopic (exact) mass is 269 g/mol. The third kappa shape index (κ3) is 3.56. The van der Waals surface area contributed by atoms with Gasteiger partial charge in [-0.3, -0.25) is 0 Å². The molecule has 102 valence electrons. The fourth-order valence-electron chi connectivity index (χ4n) is 2.41. The van der Waals surface area contributed by atoms with Crippen molar-refractivity contribution in [3.05, 3.63) is 28.8 Å². The summed E-state index contributed by atoms with van der Waals surface area (Å²) >= 11 is 0. The molecule has 0 heterocycles. The minimum absolute atomic E-state index is 0.0277. The SMILES string of the molecule is CCC[C@H](C)NS(=O)(=O)c1c(C)cc(C)cc1C. The first-order valence-corrected chi connectivity index (χ1v) is 7.86. The van der Waals surface area contributed by atoms with Crippen LogP contribution in [0.25, 0.3) is 0 Å². The Bertz CT molecular complexity index is 498. The molecule has 0 spiro atoms. The van der Waals surface area contributed by atoms with Crippen molar-refractivity contribution in [3.63, 3.8) is 0 Å². The quantitative estimate of drug-likeness (QED) is 0.893. The minimum Gasteiger partial charge on any atom is -0.208 e. The normalized spacial score (nSPS) is 13.6. The maximum Gasteiger partial charge on any atom is 0.241 e. The molecular weight excluding hydrogens is 246 g/mol. The fourth-order valence-corrected chi connectivity index (χ4v) is 4.14. The highest BCUT2D eigenvalue weighted by Crippen LogP contribution is 2.22. The van der Waals surface area contributed by atoms with Crippen LogP contribution in [0.1, 0.15) is 43.4 Å². The second-order valence-electron chi connectivity index (χ2n) is 5.04. The van der Waals surface area contributed by atoms with E-state index >= 15 is 0 Å². The Morgan fingerprint density at radius 3 is 2.11 bits per heavy atom. The smallest absolute Gasteiger partial charge is 0.208 e. The van der Waals surface area contributed by atoms with Gasteiger partial charge < -0.3 is 0 Å². The van der Waals surface area contributed by atoms with Gasteiger partial charge in [0, 0.05) is 6.04 Å². The number of sulfonamides is 1. The van der Waals surface area contributed by atoms with E-state index < -0.39 is 10.0 Å². The third-order valence-corrected chi connectivity index (χ3v) is 4.85. The molecule has 0 bridgehead atoms. The van der Waals surface area contributed by atoms with Crippen LogP contribution in [0.4, 0.5) is 0 Å². The molecule has 0 aliphatic heterocycles. The van der Waals surface area contributed by atoms with Crippen LogP contribution in [0.15, 0.2) is 17.0 Å².